The fourth-order valence-corrected chi connectivity index (χ4v) is 10.2. The van der Waals surface area contributed by atoms with Crippen LogP contribution >= 0.6 is 0 Å². The van der Waals surface area contributed by atoms with Crippen LogP contribution in [0.1, 0.15) is 113 Å². The van der Waals surface area contributed by atoms with Crippen LogP contribution in [-0.4, -0.2) is 19.1 Å². The summed E-state index contributed by atoms with van der Waals surface area (Å²) in [4.78, 5) is 0. The molecule has 0 spiro atoms. The zero-order chi connectivity index (χ0) is 25.1. The van der Waals surface area contributed by atoms with Crippen molar-refractivity contribution < 1.29 is 17.2 Å². The minimum absolute atomic E-state index is 0.118. The summed E-state index contributed by atoms with van der Waals surface area (Å²) in [5, 5.41) is 0. The first-order valence-corrected chi connectivity index (χ1v) is 15.5. The quantitative estimate of drug-likeness (QED) is 0.289. The maximum absolute atomic E-state index is 11.4. The lowest BCUT2D eigenvalue weighted by Crippen LogP contribution is -2.55. The molecule has 3 saturated carbocycles. The van der Waals surface area contributed by atoms with Crippen molar-refractivity contribution in [2.75, 3.05) is 0 Å². The van der Waals surface area contributed by atoms with Crippen molar-refractivity contribution in [3.8, 4) is 0 Å². The van der Waals surface area contributed by atoms with Crippen LogP contribution in [0.25, 0.3) is 0 Å². The van der Waals surface area contributed by atoms with Crippen LogP contribution in [0, 0.1) is 51.8 Å². The van der Waals surface area contributed by atoms with Gasteiger partial charge in [-0.1, -0.05) is 79.4 Å². The lowest BCUT2D eigenvalue weighted by atomic mass is 9.43. The molecule has 0 amide bonds. The maximum atomic E-state index is 11.4. The zero-order valence-corrected chi connectivity index (χ0v) is 23.6. The Balaban J connectivity index is 1.56. The van der Waals surface area contributed by atoms with E-state index in [1.165, 1.54) is 44.9 Å². The molecule has 0 aliphatic heterocycles. The van der Waals surface area contributed by atoms with Gasteiger partial charge in [-0.05, 0) is 96.7 Å². The smallest absolute Gasteiger partial charge is 0.264 e. The zero-order valence-electron chi connectivity index (χ0n) is 22.8. The predicted molar refractivity (Wildman–Crippen MR) is 139 cm³/mol. The Kier molecular flexibility index (Phi) is 7.19. The Hall–Kier alpha value is -0.390. The molecular formula is C29H50O4S. The molecule has 0 bridgehead atoms. The first-order chi connectivity index (χ1) is 15.7. The third kappa shape index (κ3) is 4.34. The van der Waals surface area contributed by atoms with Crippen LogP contribution < -0.4 is 0 Å². The fraction of sp³-hybridized carbons (Fsp3) is 0.931. The minimum atomic E-state index is -4.41. The number of rotatable bonds is 7. The van der Waals surface area contributed by atoms with Crippen molar-refractivity contribution >= 4 is 10.4 Å². The molecule has 4 nitrogen and oxygen atoms in total. The van der Waals surface area contributed by atoms with Gasteiger partial charge in [-0.15, -0.1) is 0 Å². The summed E-state index contributed by atoms with van der Waals surface area (Å²) in [6.45, 7) is 17.0. The van der Waals surface area contributed by atoms with Gasteiger partial charge in [-0.2, -0.15) is 8.42 Å². The summed E-state index contributed by atoms with van der Waals surface area (Å²) < 4.78 is 37.3. The SMILES string of the molecule is CC(C)CCCC(C)C1CC[C@@]2(C)C3CCC4[C@H](C)C(OS(=O)(=O)O)CCC4(C)C3=CCC12C. The number of allylic oxidation sites excluding steroid dienone is 2. The monoisotopic (exact) mass is 494 g/mol. The Labute approximate surface area is 209 Å². The largest absolute Gasteiger partial charge is 0.397 e. The maximum Gasteiger partial charge on any atom is 0.397 e. The van der Waals surface area contributed by atoms with E-state index in [0.29, 0.717) is 29.1 Å². The molecule has 0 saturated heterocycles. The predicted octanol–water partition coefficient (Wildman–Crippen LogP) is 7.85. The van der Waals surface area contributed by atoms with Crippen molar-refractivity contribution in [3.63, 3.8) is 0 Å². The van der Waals surface area contributed by atoms with Gasteiger partial charge in [-0.3, -0.25) is 4.55 Å². The Bertz CT molecular complexity index is 894. The van der Waals surface area contributed by atoms with E-state index in [1.807, 2.05) is 0 Å². The topological polar surface area (TPSA) is 63.6 Å². The molecule has 0 radical (unpaired) electrons. The van der Waals surface area contributed by atoms with Crippen LogP contribution in [0.3, 0.4) is 0 Å². The molecule has 34 heavy (non-hydrogen) atoms. The fourth-order valence-electron chi connectivity index (χ4n) is 9.62. The molecule has 0 heterocycles. The Morgan fingerprint density at radius 1 is 1.03 bits per heavy atom. The van der Waals surface area contributed by atoms with Gasteiger partial charge in [0.05, 0.1) is 6.10 Å². The highest BCUT2D eigenvalue weighted by atomic mass is 32.3. The third-order valence-electron chi connectivity index (χ3n) is 11.8. The summed E-state index contributed by atoms with van der Waals surface area (Å²) in [6, 6.07) is 0. The molecule has 9 atom stereocenters. The summed E-state index contributed by atoms with van der Waals surface area (Å²) in [5.74, 6) is 3.59. The minimum Gasteiger partial charge on any atom is -0.264 e. The summed E-state index contributed by atoms with van der Waals surface area (Å²) >= 11 is 0. The molecule has 4 aliphatic carbocycles. The van der Waals surface area contributed by atoms with Crippen molar-refractivity contribution in [2.45, 2.75) is 119 Å². The molecule has 5 heteroatoms. The molecular weight excluding hydrogens is 444 g/mol. The van der Waals surface area contributed by atoms with Gasteiger partial charge in [-0.25, -0.2) is 4.18 Å². The van der Waals surface area contributed by atoms with E-state index in [0.717, 1.165) is 30.6 Å². The highest BCUT2D eigenvalue weighted by molar-refractivity contribution is 7.80. The van der Waals surface area contributed by atoms with E-state index in [2.05, 4.69) is 54.5 Å². The lowest BCUT2D eigenvalue weighted by molar-refractivity contribution is -0.0732. The van der Waals surface area contributed by atoms with E-state index < -0.39 is 16.5 Å². The molecule has 4 rings (SSSR count). The van der Waals surface area contributed by atoms with Crippen LogP contribution in [0.4, 0.5) is 0 Å². The summed E-state index contributed by atoms with van der Waals surface area (Å²) in [6.07, 6.45) is 14.2. The first-order valence-electron chi connectivity index (χ1n) is 14.1. The lowest BCUT2D eigenvalue weighted by Gasteiger charge is -2.62. The average molecular weight is 495 g/mol. The van der Waals surface area contributed by atoms with Gasteiger partial charge >= 0.3 is 10.4 Å². The molecule has 7 unspecified atom stereocenters. The second-order valence-corrected chi connectivity index (χ2v) is 14.8. The van der Waals surface area contributed by atoms with Gasteiger partial charge < -0.3 is 0 Å². The second kappa shape index (κ2) is 9.17. The number of hydrogen-bond acceptors (Lipinski definition) is 3. The van der Waals surface area contributed by atoms with Crippen molar-refractivity contribution in [2.24, 2.45) is 51.8 Å². The van der Waals surface area contributed by atoms with E-state index >= 15 is 0 Å². The highest BCUT2D eigenvalue weighted by Gasteiger charge is 2.64. The van der Waals surface area contributed by atoms with Crippen LogP contribution in [-0.2, 0) is 14.6 Å². The van der Waals surface area contributed by atoms with E-state index in [-0.39, 0.29) is 11.3 Å². The molecule has 196 valence electrons. The van der Waals surface area contributed by atoms with E-state index in [9.17, 15) is 13.0 Å². The molecule has 4 aliphatic rings. The first kappa shape index (κ1) is 26.7. The van der Waals surface area contributed by atoms with E-state index in [4.69, 9.17) is 4.18 Å². The number of hydrogen-bond donors (Lipinski definition) is 1. The van der Waals surface area contributed by atoms with Gasteiger partial charge in [0.15, 0.2) is 0 Å². The van der Waals surface area contributed by atoms with Gasteiger partial charge in [0.25, 0.3) is 0 Å². The normalized spacial score (nSPS) is 45.3. The second-order valence-electron chi connectivity index (χ2n) is 13.8. The van der Waals surface area contributed by atoms with E-state index in [1.54, 1.807) is 5.57 Å². The van der Waals surface area contributed by atoms with Crippen molar-refractivity contribution in [3.05, 3.63) is 11.6 Å². The standard InChI is InChI=1S/C29H50O4S/c1-19(2)9-8-10-20(3)22-13-17-29(7)25-12-11-23-21(4)26(33-34(30,31)32)15-16-27(23,5)24(25)14-18-28(22,29)6/h14,19-23,25-26H,8-13,15-18H2,1-7H3,(H,30,31,32)/t20?,21-,22?,23?,25?,26?,27?,28?,29-/m0/s1. The molecule has 0 aromatic carbocycles. The van der Waals surface area contributed by atoms with Crippen LogP contribution in [0.15, 0.2) is 11.6 Å². The molecule has 0 aromatic rings. The van der Waals surface area contributed by atoms with Gasteiger partial charge in [0.1, 0.15) is 0 Å². The summed E-state index contributed by atoms with van der Waals surface area (Å²) in [7, 11) is -4.41. The summed E-state index contributed by atoms with van der Waals surface area (Å²) in [5.41, 5.74) is 2.52. The molecule has 1 N–H and O–H groups in total. The van der Waals surface area contributed by atoms with Gasteiger partial charge in [0.2, 0.25) is 0 Å². The Morgan fingerprint density at radius 3 is 2.38 bits per heavy atom. The molecule has 3 fully saturated rings. The number of fused-ring (bicyclic) bond motifs is 5. The molecule has 0 aromatic heterocycles. The van der Waals surface area contributed by atoms with Gasteiger partial charge in [0, 0.05) is 0 Å². The Morgan fingerprint density at radius 2 is 1.74 bits per heavy atom. The van der Waals surface area contributed by atoms with Crippen molar-refractivity contribution in [1.29, 1.82) is 0 Å². The van der Waals surface area contributed by atoms with Crippen LogP contribution in [0.2, 0.25) is 0 Å². The average Bonchev–Trinajstić information content (AvgIpc) is 3.01. The van der Waals surface area contributed by atoms with Crippen LogP contribution in [0.5, 0.6) is 0 Å². The highest BCUT2D eigenvalue weighted by Crippen LogP contribution is 2.72. The van der Waals surface area contributed by atoms with Crippen molar-refractivity contribution in [1.82, 2.24) is 0 Å². The third-order valence-corrected chi connectivity index (χ3v) is 12.3.